The van der Waals surface area contributed by atoms with Gasteiger partial charge >= 0.3 is 0 Å². The molecule has 0 bridgehead atoms. The third kappa shape index (κ3) is 3.28. The molecule has 4 aromatic carbocycles. The second-order valence-corrected chi connectivity index (χ2v) is 9.26. The number of H-pyrrole nitrogens is 1. The van der Waals surface area contributed by atoms with Gasteiger partial charge in [-0.1, -0.05) is 54.5 Å². The van der Waals surface area contributed by atoms with Crippen LogP contribution in [0, 0.1) is 11.8 Å². The van der Waals surface area contributed by atoms with Crippen LogP contribution in [-0.4, -0.2) is 48.5 Å². The Labute approximate surface area is 209 Å². The van der Waals surface area contributed by atoms with Crippen LogP contribution in [0.5, 0.6) is 0 Å². The number of aromatic nitrogens is 4. The van der Waals surface area contributed by atoms with Crippen LogP contribution in [-0.2, 0) is 4.74 Å². The molecule has 1 aliphatic rings. The van der Waals surface area contributed by atoms with Crippen molar-refractivity contribution in [3.8, 4) is 11.8 Å². The first-order valence-electron chi connectivity index (χ1n) is 11.9. The van der Waals surface area contributed by atoms with Crippen LogP contribution >= 0.6 is 0 Å². The molecule has 1 saturated heterocycles. The molecule has 0 aliphatic carbocycles. The lowest BCUT2D eigenvalue weighted by molar-refractivity contribution is -0.0434. The topological polar surface area (TPSA) is 139 Å². The van der Waals surface area contributed by atoms with Crippen molar-refractivity contribution in [3.05, 3.63) is 76.3 Å². The van der Waals surface area contributed by atoms with Crippen molar-refractivity contribution in [2.75, 3.05) is 12.3 Å². The molecule has 3 heterocycles. The zero-order valence-electron chi connectivity index (χ0n) is 19.5. The number of imidazole rings is 1. The number of aromatic amines is 1. The molecular formula is C28H21N5O4. The van der Waals surface area contributed by atoms with Gasteiger partial charge in [0.2, 0.25) is 5.95 Å². The zero-order valence-corrected chi connectivity index (χ0v) is 19.5. The quantitative estimate of drug-likeness (QED) is 0.216. The molecule has 182 valence electrons. The highest BCUT2D eigenvalue weighted by atomic mass is 16.5. The minimum absolute atomic E-state index is 0.0674. The maximum absolute atomic E-state index is 12.6. The third-order valence-electron chi connectivity index (χ3n) is 7.08. The van der Waals surface area contributed by atoms with E-state index in [0.29, 0.717) is 0 Å². The Morgan fingerprint density at radius 2 is 1.76 bits per heavy atom. The van der Waals surface area contributed by atoms with E-state index in [1.54, 1.807) is 4.57 Å². The van der Waals surface area contributed by atoms with Gasteiger partial charge in [0, 0.05) is 12.0 Å². The number of hydrogen-bond donors (Lipinski definition) is 4. The standard InChI is InChI=1S/C28H21N5O4/c29-28-31-26-25(27(36)32-28)30-21(33(26)22-12-19(35)20(13-34)37-22)11-9-14-4-5-17-7-6-15-2-1-3-16-8-10-18(14)24(17)23(15)16/h1-8,10,19-20,22,34-35H,12-13H2,(H3,29,31,32,36)/t19?,20-,22-/m1/s1. The van der Waals surface area contributed by atoms with E-state index in [-0.39, 0.29) is 36.0 Å². The number of nitrogens with two attached hydrogens (primary N) is 1. The lowest BCUT2D eigenvalue weighted by atomic mass is 9.92. The Hall–Kier alpha value is -4.49. The molecule has 0 amide bonds. The summed E-state index contributed by atoms with van der Waals surface area (Å²) in [7, 11) is 0. The van der Waals surface area contributed by atoms with Crippen LogP contribution in [0.2, 0.25) is 0 Å². The Bertz CT molecular complexity index is 1950. The van der Waals surface area contributed by atoms with E-state index < -0.39 is 24.0 Å². The summed E-state index contributed by atoms with van der Waals surface area (Å²) in [5.74, 6) is 6.53. The smallest absolute Gasteiger partial charge is 0.280 e. The van der Waals surface area contributed by atoms with Crippen molar-refractivity contribution in [1.29, 1.82) is 0 Å². The first-order chi connectivity index (χ1) is 18.0. The molecule has 9 nitrogen and oxygen atoms in total. The molecule has 0 spiro atoms. The average molecular weight is 492 g/mol. The van der Waals surface area contributed by atoms with Crippen LogP contribution in [0.1, 0.15) is 24.0 Å². The molecule has 1 unspecified atom stereocenters. The van der Waals surface area contributed by atoms with E-state index in [0.717, 1.165) is 21.7 Å². The van der Waals surface area contributed by atoms with Crippen LogP contribution < -0.4 is 11.3 Å². The maximum Gasteiger partial charge on any atom is 0.280 e. The Morgan fingerprint density at radius 1 is 1.03 bits per heavy atom. The molecule has 5 N–H and O–H groups in total. The van der Waals surface area contributed by atoms with Crippen molar-refractivity contribution < 1.29 is 14.9 Å². The summed E-state index contributed by atoms with van der Waals surface area (Å²) in [6.07, 6.45) is -2.19. The molecule has 2 aromatic heterocycles. The summed E-state index contributed by atoms with van der Waals surface area (Å²) < 4.78 is 7.43. The van der Waals surface area contributed by atoms with Crippen molar-refractivity contribution in [1.82, 2.24) is 19.5 Å². The van der Waals surface area contributed by atoms with Gasteiger partial charge in [-0.25, -0.2) is 4.98 Å². The van der Waals surface area contributed by atoms with Gasteiger partial charge in [-0.15, -0.1) is 0 Å². The summed E-state index contributed by atoms with van der Waals surface area (Å²) in [5, 5.41) is 26.7. The summed E-state index contributed by atoms with van der Waals surface area (Å²) in [6.45, 7) is -0.343. The third-order valence-corrected chi connectivity index (χ3v) is 7.08. The summed E-state index contributed by atoms with van der Waals surface area (Å²) in [5.41, 5.74) is 6.40. The molecule has 1 fully saturated rings. The van der Waals surface area contributed by atoms with Crippen LogP contribution in [0.3, 0.4) is 0 Å². The molecule has 1 aliphatic heterocycles. The van der Waals surface area contributed by atoms with Crippen LogP contribution in [0.4, 0.5) is 5.95 Å². The number of nitrogen functional groups attached to an aromatic ring is 1. The molecule has 0 saturated carbocycles. The van der Waals surface area contributed by atoms with Gasteiger partial charge in [0.05, 0.1) is 12.7 Å². The minimum Gasteiger partial charge on any atom is -0.394 e. The lowest BCUT2D eigenvalue weighted by Gasteiger charge is -2.15. The highest BCUT2D eigenvalue weighted by Crippen LogP contribution is 2.36. The highest BCUT2D eigenvalue weighted by Gasteiger charge is 2.36. The Balaban J connectivity index is 1.43. The second-order valence-electron chi connectivity index (χ2n) is 9.26. The number of benzene rings is 4. The van der Waals surface area contributed by atoms with E-state index in [1.807, 2.05) is 6.07 Å². The average Bonchev–Trinajstić information content (AvgIpc) is 3.45. The summed E-state index contributed by atoms with van der Waals surface area (Å²) in [4.78, 5) is 23.8. The Kier molecular flexibility index (Phi) is 4.71. The van der Waals surface area contributed by atoms with Crippen molar-refractivity contribution in [2.24, 2.45) is 0 Å². The largest absolute Gasteiger partial charge is 0.394 e. The maximum atomic E-state index is 12.6. The van der Waals surface area contributed by atoms with E-state index in [4.69, 9.17) is 10.5 Å². The second kappa shape index (κ2) is 8.01. The van der Waals surface area contributed by atoms with Crippen LogP contribution in [0.15, 0.2) is 59.4 Å². The number of anilines is 1. The number of fused-ring (bicyclic) bond motifs is 1. The fourth-order valence-electron chi connectivity index (χ4n) is 5.37. The van der Waals surface area contributed by atoms with Gasteiger partial charge in [-0.2, -0.15) is 4.98 Å². The number of rotatable bonds is 2. The predicted molar refractivity (Wildman–Crippen MR) is 140 cm³/mol. The number of aliphatic hydroxyl groups is 2. The molecule has 6 aromatic rings. The number of nitrogens with zero attached hydrogens (tertiary/aromatic N) is 3. The van der Waals surface area contributed by atoms with Crippen molar-refractivity contribution in [2.45, 2.75) is 24.9 Å². The van der Waals surface area contributed by atoms with Gasteiger partial charge < -0.3 is 20.7 Å². The lowest BCUT2D eigenvalue weighted by Crippen LogP contribution is -2.24. The van der Waals surface area contributed by atoms with Gasteiger partial charge in [0.1, 0.15) is 12.3 Å². The predicted octanol–water partition coefficient (Wildman–Crippen LogP) is 2.64. The molecule has 37 heavy (non-hydrogen) atoms. The molecular weight excluding hydrogens is 470 g/mol. The van der Waals surface area contributed by atoms with Gasteiger partial charge in [0.15, 0.2) is 17.0 Å². The zero-order chi connectivity index (χ0) is 25.3. The van der Waals surface area contributed by atoms with E-state index in [1.165, 1.54) is 16.2 Å². The molecule has 0 radical (unpaired) electrons. The number of nitrogens with one attached hydrogen (secondary N) is 1. The molecule has 7 rings (SSSR count). The molecule has 9 heteroatoms. The highest BCUT2D eigenvalue weighted by molar-refractivity contribution is 6.23. The fraction of sp³-hybridized carbons (Fsp3) is 0.179. The minimum atomic E-state index is -0.884. The number of aliphatic hydroxyl groups excluding tert-OH is 2. The molecule has 3 atom stereocenters. The normalized spacial score (nSPS) is 19.8. The van der Waals surface area contributed by atoms with Gasteiger partial charge in [-0.3, -0.25) is 14.3 Å². The fourth-order valence-corrected chi connectivity index (χ4v) is 5.37. The van der Waals surface area contributed by atoms with E-state index in [9.17, 15) is 15.0 Å². The number of ether oxygens (including phenoxy) is 1. The van der Waals surface area contributed by atoms with Gasteiger partial charge in [-0.05, 0) is 44.3 Å². The van der Waals surface area contributed by atoms with Crippen molar-refractivity contribution >= 4 is 49.4 Å². The first-order valence-corrected chi connectivity index (χ1v) is 11.9. The SMILES string of the molecule is Nc1nc2c(nc(C#Cc3ccc4ccc5cccc6ccc3c4c56)n2[C@H]2CC(O)[C@@H](CO)O2)c(=O)[nH]1. The Morgan fingerprint density at radius 3 is 2.51 bits per heavy atom. The summed E-state index contributed by atoms with van der Waals surface area (Å²) >= 11 is 0. The van der Waals surface area contributed by atoms with E-state index >= 15 is 0 Å². The first kappa shape index (κ1) is 21.8. The van der Waals surface area contributed by atoms with Gasteiger partial charge in [0.25, 0.3) is 5.56 Å². The van der Waals surface area contributed by atoms with Crippen LogP contribution in [0.25, 0.3) is 43.5 Å². The monoisotopic (exact) mass is 491 g/mol. The number of hydrogen-bond acceptors (Lipinski definition) is 7. The summed E-state index contributed by atoms with van der Waals surface area (Å²) in [6, 6.07) is 18.7. The van der Waals surface area contributed by atoms with E-state index in [2.05, 4.69) is 75.3 Å². The van der Waals surface area contributed by atoms with Crippen molar-refractivity contribution in [3.63, 3.8) is 0 Å².